The summed E-state index contributed by atoms with van der Waals surface area (Å²) >= 11 is 0. The molecule has 1 heterocycles. The summed E-state index contributed by atoms with van der Waals surface area (Å²) in [6.07, 6.45) is 3.54. The maximum absolute atomic E-state index is 11.8. The van der Waals surface area contributed by atoms with Crippen molar-refractivity contribution in [3.05, 3.63) is 29.8 Å². The van der Waals surface area contributed by atoms with E-state index in [0.29, 0.717) is 13.0 Å². The third-order valence-electron chi connectivity index (χ3n) is 3.71. The largest absolute Gasteiger partial charge is 0.378 e. The number of hydrogen-bond donors (Lipinski definition) is 2. The Morgan fingerprint density at radius 1 is 1.32 bits per heavy atom. The molecule has 0 aromatic heterocycles. The van der Waals surface area contributed by atoms with Crippen molar-refractivity contribution in [3.63, 3.8) is 0 Å². The van der Waals surface area contributed by atoms with Gasteiger partial charge in [0.15, 0.2) is 0 Å². The fourth-order valence-electron chi connectivity index (χ4n) is 2.36. The molecule has 1 saturated heterocycles. The molecule has 1 aliphatic rings. The quantitative estimate of drug-likeness (QED) is 0.788. The molecule has 7 heteroatoms. The average molecular weight is 326 g/mol. The van der Waals surface area contributed by atoms with Crippen LogP contribution in [0.3, 0.4) is 0 Å². The highest BCUT2D eigenvalue weighted by Gasteiger charge is 2.16. The summed E-state index contributed by atoms with van der Waals surface area (Å²) in [4.78, 5) is 12.0. The van der Waals surface area contributed by atoms with Crippen LogP contribution in [0.15, 0.2) is 29.2 Å². The van der Waals surface area contributed by atoms with Crippen molar-refractivity contribution in [1.82, 2.24) is 10.0 Å². The minimum absolute atomic E-state index is 0.0116. The first kappa shape index (κ1) is 16.9. The van der Waals surface area contributed by atoms with E-state index in [2.05, 4.69) is 10.0 Å². The summed E-state index contributed by atoms with van der Waals surface area (Å²) in [5, 5.41) is 2.84. The number of ether oxygens (including phenoxy) is 1. The molecule has 1 unspecified atom stereocenters. The zero-order valence-corrected chi connectivity index (χ0v) is 13.5. The number of hydrogen-bond acceptors (Lipinski definition) is 4. The summed E-state index contributed by atoms with van der Waals surface area (Å²) in [5.41, 5.74) is 0.862. The Kier molecular flexibility index (Phi) is 5.93. The second-order valence-electron chi connectivity index (χ2n) is 5.30. The van der Waals surface area contributed by atoms with Crippen LogP contribution in [0, 0.1) is 0 Å². The lowest BCUT2D eigenvalue weighted by Crippen LogP contribution is -2.24. The molecule has 0 aliphatic carbocycles. The number of nitrogens with one attached hydrogen (secondary N) is 2. The molecule has 1 aromatic rings. The summed E-state index contributed by atoms with van der Waals surface area (Å²) in [6.45, 7) is 1.19. The van der Waals surface area contributed by atoms with Crippen molar-refractivity contribution < 1.29 is 17.9 Å². The number of benzene rings is 1. The first-order valence-corrected chi connectivity index (χ1v) is 8.90. The molecule has 22 heavy (non-hydrogen) atoms. The Balaban J connectivity index is 1.77. The standard InChI is InChI=1S/C15H22N2O4S/c1-16-22(19,20)14-7-4-12(5-8-14)11-17-15(18)9-6-13-3-2-10-21-13/h4-5,7-8,13,16H,2-3,6,9-11H2,1H3,(H,17,18). The predicted molar refractivity (Wildman–Crippen MR) is 82.7 cm³/mol. The van der Waals surface area contributed by atoms with Crippen molar-refractivity contribution in [1.29, 1.82) is 0 Å². The lowest BCUT2D eigenvalue weighted by atomic mass is 10.1. The smallest absolute Gasteiger partial charge is 0.240 e. The van der Waals surface area contributed by atoms with Gasteiger partial charge in [0.1, 0.15) is 0 Å². The van der Waals surface area contributed by atoms with Crippen LogP contribution in [0.5, 0.6) is 0 Å². The lowest BCUT2D eigenvalue weighted by molar-refractivity contribution is -0.121. The van der Waals surface area contributed by atoms with E-state index in [9.17, 15) is 13.2 Å². The average Bonchev–Trinajstić information content (AvgIpc) is 3.05. The Morgan fingerprint density at radius 2 is 2.05 bits per heavy atom. The van der Waals surface area contributed by atoms with Crippen molar-refractivity contribution in [3.8, 4) is 0 Å². The van der Waals surface area contributed by atoms with Crippen LogP contribution in [-0.2, 0) is 26.1 Å². The molecule has 2 rings (SSSR count). The third kappa shape index (κ3) is 4.79. The molecule has 1 aromatic carbocycles. The van der Waals surface area contributed by atoms with Gasteiger partial charge >= 0.3 is 0 Å². The van der Waals surface area contributed by atoms with Gasteiger partial charge < -0.3 is 10.1 Å². The van der Waals surface area contributed by atoms with E-state index in [0.717, 1.165) is 31.4 Å². The van der Waals surface area contributed by atoms with Crippen molar-refractivity contribution >= 4 is 15.9 Å². The second-order valence-corrected chi connectivity index (χ2v) is 7.19. The molecular weight excluding hydrogens is 304 g/mol. The summed E-state index contributed by atoms with van der Waals surface area (Å²) in [5.74, 6) is -0.0116. The first-order chi connectivity index (χ1) is 10.5. The first-order valence-electron chi connectivity index (χ1n) is 7.42. The normalized spacial score (nSPS) is 18.3. The molecule has 1 amide bonds. The number of carbonyl (C=O) groups excluding carboxylic acids is 1. The number of rotatable bonds is 7. The minimum Gasteiger partial charge on any atom is -0.378 e. The van der Waals surface area contributed by atoms with Gasteiger partial charge in [0.05, 0.1) is 11.0 Å². The molecular formula is C15H22N2O4S. The zero-order valence-electron chi connectivity index (χ0n) is 12.7. The van der Waals surface area contributed by atoms with Gasteiger partial charge in [-0.3, -0.25) is 4.79 Å². The molecule has 1 fully saturated rings. The molecule has 1 aliphatic heterocycles. The lowest BCUT2D eigenvalue weighted by Gasteiger charge is -2.10. The maximum atomic E-state index is 11.8. The Hall–Kier alpha value is -1.44. The number of carbonyl (C=O) groups is 1. The second kappa shape index (κ2) is 7.71. The zero-order chi connectivity index (χ0) is 16.0. The third-order valence-corrected chi connectivity index (χ3v) is 5.14. The van der Waals surface area contributed by atoms with E-state index in [1.54, 1.807) is 12.1 Å². The molecule has 0 saturated carbocycles. The van der Waals surface area contributed by atoms with Crippen LogP contribution in [-0.4, -0.2) is 34.1 Å². The van der Waals surface area contributed by atoms with E-state index in [1.165, 1.54) is 19.2 Å². The van der Waals surface area contributed by atoms with Crippen LogP contribution >= 0.6 is 0 Å². The molecule has 122 valence electrons. The highest BCUT2D eigenvalue weighted by molar-refractivity contribution is 7.89. The predicted octanol–water partition coefficient (Wildman–Crippen LogP) is 1.17. The minimum atomic E-state index is -3.42. The highest BCUT2D eigenvalue weighted by atomic mass is 32.2. The topological polar surface area (TPSA) is 84.5 Å². The van der Waals surface area contributed by atoms with Crippen LogP contribution in [0.25, 0.3) is 0 Å². The van der Waals surface area contributed by atoms with Crippen LogP contribution in [0.4, 0.5) is 0 Å². The van der Waals surface area contributed by atoms with E-state index in [1.807, 2.05) is 0 Å². The molecule has 1 atom stereocenters. The summed E-state index contributed by atoms with van der Waals surface area (Å²) in [6, 6.07) is 6.45. The van der Waals surface area contributed by atoms with Gasteiger partial charge in [-0.25, -0.2) is 13.1 Å². The molecule has 0 spiro atoms. The van der Waals surface area contributed by atoms with Crippen molar-refractivity contribution in [2.75, 3.05) is 13.7 Å². The van der Waals surface area contributed by atoms with E-state index < -0.39 is 10.0 Å². The van der Waals surface area contributed by atoms with Gasteiger partial charge in [-0.1, -0.05) is 12.1 Å². The van der Waals surface area contributed by atoms with Crippen LogP contribution in [0.2, 0.25) is 0 Å². The highest BCUT2D eigenvalue weighted by Crippen LogP contribution is 2.16. The van der Waals surface area contributed by atoms with Gasteiger partial charge in [-0.15, -0.1) is 0 Å². The fraction of sp³-hybridized carbons (Fsp3) is 0.533. The van der Waals surface area contributed by atoms with Crippen LogP contribution < -0.4 is 10.0 Å². The SMILES string of the molecule is CNS(=O)(=O)c1ccc(CNC(=O)CCC2CCCO2)cc1. The molecule has 0 bridgehead atoms. The van der Waals surface area contributed by atoms with Gasteiger partial charge in [-0.2, -0.15) is 0 Å². The Labute approximate surface area is 131 Å². The maximum Gasteiger partial charge on any atom is 0.240 e. The molecule has 6 nitrogen and oxygen atoms in total. The van der Waals surface area contributed by atoms with Gasteiger partial charge in [0, 0.05) is 19.6 Å². The fourth-order valence-corrected chi connectivity index (χ4v) is 3.09. The number of sulfonamides is 1. The van der Waals surface area contributed by atoms with Gasteiger partial charge in [0.2, 0.25) is 15.9 Å². The van der Waals surface area contributed by atoms with E-state index >= 15 is 0 Å². The van der Waals surface area contributed by atoms with E-state index in [4.69, 9.17) is 4.74 Å². The van der Waals surface area contributed by atoms with Crippen molar-refractivity contribution in [2.45, 2.75) is 43.2 Å². The molecule has 0 radical (unpaired) electrons. The summed E-state index contributed by atoms with van der Waals surface area (Å²) < 4.78 is 30.9. The summed E-state index contributed by atoms with van der Waals surface area (Å²) in [7, 11) is -2.04. The monoisotopic (exact) mass is 326 g/mol. The Bertz CT molecular complexity index is 592. The van der Waals surface area contributed by atoms with Crippen LogP contribution in [0.1, 0.15) is 31.2 Å². The van der Waals surface area contributed by atoms with Gasteiger partial charge in [0.25, 0.3) is 0 Å². The van der Waals surface area contributed by atoms with Gasteiger partial charge in [-0.05, 0) is 44.0 Å². The molecule has 2 N–H and O–H groups in total. The van der Waals surface area contributed by atoms with E-state index in [-0.39, 0.29) is 16.9 Å². The Morgan fingerprint density at radius 3 is 2.64 bits per heavy atom. The number of amides is 1. The van der Waals surface area contributed by atoms with Crippen molar-refractivity contribution in [2.24, 2.45) is 0 Å².